The first-order valence-corrected chi connectivity index (χ1v) is 6.33. The van der Waals surface area contributed by atoms with Crippen LogP contribution in [-0.4, -0.2) is 17.7 Å². The first-order valence-electron chi connectivity index (χ1n) is 5.28. The van der Waals surface area contributed by atoms with E-state index in [1.165, 1.54) is 50.8 Å². The number of hydrogen-bond donors (Lipinski definition) is 1. The molecule has 2 heteroatoms. The Balaban J connectivity index is 1.91. The van der Waals surface area contributed by atoms with Crippen LogP contribution < -0.4 is 5.32 Å². The van der Waals surface area contributed by atoms with Gasteiger partial charge in [0.25, 0.3) is 0 Å². The Morgan fingerprint density at radius 1 is 1.33 bits per heavy atom. The molecule has 1 rings (SSSR count). The minimum absolute atomic E-state index is 0.774. The van der Waals surface area contributed by atoms with E-state index in [9.17, 15) is 0 Å². The molecule has 0 radical (unpaired) electrons. The smallest absolute Gasteiger partial charge is 0.0532 e. The van der Waals surface area contributed by atoms with Crippen molar-refractivity contribution in [3.05, 3.63) is 0 Å². The van der Waals surface area contributed by atoms with Crippen molar-refractivity contribution in [3.63, 3.8) is 0 Å². The lowest BCUT2D eigenvalue weighted by molar-refractivity contribution is 0.544. The van der Waals surface area contributed by atoms with E-state index in [4.69, 9.17) is 0 Å². The second-order valence-corrected chi connectivity index (χ2v) is 4.83. The van der Waals surface area contributed by atoms with E-state index < -0.39 is 0 Å². The lowest BCUT2D eigenvalue weighted by atomic mass is 10.1. The SMILES string of the molecule is CCCCCCC1NCCCS1. The minimum atomic E-state index is 0.774. The highest BCUT2D eigenvalue weighted by molar-refractivity contribution is 7.99. The van der Waals surface area contributed by atoms with E-state index in [1.807, 2.05) is 0 Å². The first-order chi connectivity index (χ1) is 5.93. The molecule has 1 N–H and O–H groups in total. The van der Waals surface area contributed by atoms with Crippen molar-refractivity contribution >= 4 is 11.8 Å². The molecule has 12 heavy (non-hydrogen) atoms. The number of hydrogen-bond acceptors (Lipinski definition) is 2. The fraction of sp³-hybridized carbons (Fsp3) is 1.00. The van der Waals surface area contributed by atoms with Crippen LogP contribution in [0.4, 0.5) is 0 Å². The summed E-state index contributed by atoms with van der Waals surface area (Å²) in [7, 11) is 0. The summed E-state index contributed by atoms with van der Waals surface area (Å²) in [5, 5.41) is 4.33. The molecule has 0 amide bonds. The minimum Gasteiger partial charge on any atom is -0.305 e. The summed E-state index contributed by atoms with van der Waals surface area (Å²) in [5.41, 5.74) is 0. The van der Waals surface area contributed by atoms with Crippen LogP contribution in [0.25, 0.3) is 0 Å². The van der Waals surface area contributed by atoms with Crippen molar-refractivity contribution in [2.45, 2.75) is 50.8 Å². The average Bonchev–Trinajstić information content (AvgIpc) is 2.14. The highest BCUT2D eigenvalue weighted by Gasteiger charge is 2.11. The predicted octanol–water partition coefficient (Wildman–Crippen LogP) is 3.01. The van der Waals surface area contributed by atoms with Gasteiger partial charge in [-0.05, 0) is 25.1 Å². The van der Waals surface area contributed by atoms with Gasteiger partial charge in [0.15, 0.2) is 0 Å². The number of rotatable bonds is 5. The summed E-state index contributed by atoms with van der Waals surface area (Å²) in [4.78, 5) is 0. The highest BCUT2D eigenvalue weighted by atomic mass is 32.2. The second kappa shape index (κ2) is 6.79. The van der Waals surface area contributed by atoms with Gasteiger partial charge in [-0.15, -0.1) is 11.8 Å². The van der Waals surface area contributed by atoms with Crippen LogP contribution in [0.1, 0.15) is 45.4 Å². The van der Waals surface area contributed by atoms with E-state index in [-0.39, 0.29) is 0 Å². The van der Waals surface area contributed by atoms with Gasteiger partial charge in [-0.25, -0.2) is 0 Å². The van der Waals surface area contributed by atoms with Crippen molar-refractivity contribution in [3.8, 4) is 0 Å². The van der Waals surface area contributed by atoms with Gasteiger partial charge in [0.05, 0.1) is 5.37 Å². The molecule has 0 spiro atoms. The maximum Gasteiger partial charge on any atom is 0.0532 e. The zero-order valence-corrected chi connectivity index (χ0v) is 8.96. The summed E-state index contributed by atoms with van der Waals surface area (Å²) in [6.07, 6.45) is 8.34. The van der Waals surface area contributed by atoms with Gasteiger partial charge >= 0.3 is 0 Å². The maximum absolute atomic E-state index is 3.56. The van der Waals surface area contributed by atoms with E-state index in [2.05, 4.69) is 24.0 Å². The number of thioether (sulfide) groups is 1. The van der Waals surface area contributed by atoms with Crippen LogP contribution in [0.5, 0.6) is 0 Å². The molecule has 1 aliphatic heterocycles. The lowest BCUT2D eigenvalue weighted by Crippen LogP contribution is -2.31. The largest absolute Gasteiger partial charge is 0.305 e. The Morgan fingerprint density at radius 3 is 2.92 bits per heavy atom. The normalized spacial score (nSPS) is 24.2. The molecule has 1 fully saturated rings. The van der Waals surface area contributed by atoms with E-state index >= 15 is 0 Å². The zero-order chi connectivity index (χ0) is 8.65. The molecule has 1 saturated heterocycles. The van der Waals surface area contributed by atoms with Gasteiger partial charge in [-0.1, -0.05) is 32.6 Å². The van der Waals surface area contributed by atoms with Crippen LogP contribution in [0.2, 0.25) is 0 Å². The maximum atomic E-state index is 3.56. The summed E-state index contributed by atoms with van der Waals surface area (Å²) < 4.78 is 0. The summed E-state index contributed by atoms with van der Waals surface area (Å²) >= 11 is 2.11. The van der Waals surface area contributed by atoms with Gasteiger partial charge in [0.1, 0.15) is 0 Å². The van der Waals surface area contributed by atoms with E-state index in [0.717, 1.165) is 5.37 Å². The van der Waals surface area contributed by atoms with Crippen molar-refractivity contribution in [1.82, 2.24) is 5.32 Å². The summed E-state index contributed by atoms with van der Waals surface area (Å²) in [6.45, 7) is 3.51. The summed E-state index contributed by atoms with van der Waals surface area (Å²) in [6, 6.07) is 0. The molecule has 1 nitrogen and oxygen atoms in total. The molecule has 1 aliphatic rings. The Kier molecular flexibility index (Phi) is 5.88. The van der Waals surface area contributed by atoms with Crippen LogP contribution in [0.3, 0.4) is 0 Å². The Hall–Kier alpha value is 0.310. The zero-order valence-electron chi connectivity index (χ0n) is 8.14. The third-order valence-corrected chi connectivity index (χ3v) is 3.66. The van der Waals surface area contributed by atoms with Gasteiger partial charge in [0.2, 0.25) is 0 Å². The lowest BCUT2D eigenvalue weighted by Gasteiger charge is -2.22. The quantitative estimate of drug-likeness (QED) is 0.664. The fourth-order valence-electron chi connectivity index (χ4n) is 1.56. The second-order valence-electron chi connectivity index (χ2n) is 3.52. The molecular weight excluding hydrogens is 166 g/mol. The van der Waals surface area contributed by atoms with Gasteiger partial charge in [0, 0.05) is 0 Å². The molecule has 0 aromatic carbocycles. The van der Waals surface area contributed by atoms with E-state index in [0.29, 0.717) is 0 Å². The van der Waals surface area contributed by atoms with Crippen molar-refractivity contribution in [2.24, 2.45) is 0 Å². The van der Waals surface area contributed by atoms with Crippen LogP contribution >= 0.6 is 11.8 Å². The van der Waals surface area contributed by atoms with Crippen LogP contribution in [0.15, 0.2) is 0 Å². The molecule has 0 aromatic rings. The topological polar surface area (TPSA) is 12.0 Å². The first kappa shape index (κ1) is 10.4. The highest BCUT2D eigenvalue weighted by Crippen LogP contribution is 2.19. The average molecular weight is 187 g/mol. The van der Waals surface area contributed by atoms with Gasteiger partial charge < -0.3 is 5.32 Å². The standard InChI is InChI=1S/C10H21NS/c1-2-3-4-5-7-10-11-8-6-9-12-10/h10-11H,2-9H2,1H3. The number of unbranched alkanes of at least 4 members (excludes halogenated alkanes) is 3. The Morgan fingerprint density at radius 2 is 2.25 bits per heavy atom. The van der Waals surface area contributed by atoms with Crippen molar-refractivity contribution in [1.29, 1.82) is 0 Å². The van der Waals surface area contributed by atoms with Gasteiger partial charge in [-0.2, -0.15) is 0 Å². The molecule has 72 valence electrons. The third-order valence-electron chi connectivity index (χ3n) is 2.33. The number of nitrogens with one attached hydrogen (secondary N) is 1. The molecule has 0 aliphatic carbocycles. The molecule has 0 saturated carbocycles. The molecule has 1 heterocycles. The molecule has 1 atom stereocenters. The molecular formula is C10H21NS. The van der Waals surface area contributed by atoms with Crippen LogP contribution in [0, 0.1) is 0 Å². The Bertz CT molecular complexity index is 100. The van der Waals surface area contributed by atoms with Crippen LogP contribution in [-0.2, 0) is 0 Å². The van der Waals surface area contributed by atoms with Crippen molar-refractivity contribution in [2.75, 3.05) is 12.3 Å². The van der Waals surface area contributed by atoms with E-state index in [1.54, 1.807) is 0 Å². The summed E-state index contributed by atoms with van der Waals surface area (Å²) in [5.74, 6) is 1.37. The predicted molar refractivity (Wildman–Crippen MR) is 57.6 cm³/mol. The van der Waals surface area contributed by atoms with Gasteiger partial charge in [-0.3, -0.25) is 0 Å². The van der Waals surface area contributed by atoms with Crippen molar-refractivity contribution < 1.29 is 0 Å². The monoisotopic (exact) mass is 187 g/mol. The molecule has 0 aromatic heterocycles. The Labute approximate surface area is 80.7 Å². The third kappa shape index (κ3) is 4.36. The molecule has 0 bridgehead atoms. The fourth-order valence-corrected chi connectivity index (χ4v) is 2.73. The molecule has 1 unspecified atom stereocenters.